The Kier molecular flexibility index (Phi) is 2.96. The molecule has 1 amide bonds. The third kappa shape index (κ3) is 1.82. The molecule has 0 atom stereocenters. The maximum Gasteiger partial charge on any atom is 0.254 e. The molecule has 86 valence electrons. The second-order valence-corrected chi connectivity index (χ2v) is 4.02. The third-order valence-electron chi connectivity index (χ3n) is 2.96. The third-order valence-corrected chi connectivity index (χ3v) is 2.96. The number of hydrogen-bond acceptors (Lipinski definition) is 1. The van der Waals surface area contributed by atoms with Crippen LogP contribution in [-0.2, 0) is 6.54 Å². The fourth-order valence-corrected chi connectivity index (χ4v) is 2.15. The lowest BCUT2D eigenvalue weighted by Gasteiger charge is -2.04. The van der Waals surface area contributed by atoms with E-state index < -0.39 is 0 Å². The molecular formula is C15H15NO. The number of amides is 1. The van der Waals surface area contributed by atoms with Crippen LogP contribution in [0.3, 0.4) is 0 Å². The lowest BCUT2D eigenvalue weighted by Crippen LogP contribution is -2.17. The van der Waals surface area contributed by atoms with E-state index in [0.717, 1.165) is 23.1 Å². The lowest BCUT2D eigenvalue weighted by molar-refractivity contribution is 0.0816. The van der Waals surface area contributed by atoms with Gasteiger partial charge in [0, 0.05) is 19.2 Å². The van der Waals surface area contributed by atoms with E-state index in [9.17, 15) is 4.79 Å². The van der Waals surface area contributed by atoms with Crippen molar-refractivity contribution in [1.29, 1.82) is 0 Å². The van der Waals surface area contributed by atoms with Crippen molar-refractivity contribution in [3.05, 3.63) is 60.7 Å². The maximum atomic E-state index is 11.8. The van der Waals surface area contributed by atoms with Crippen LogP contribution in [0.2, 0.25) is 0 Å². The van der Waals surface area contributed by atoms with Crippen molar-refractivity contribution in [2.45, 2.75) is 6.54 Å². The Morgan fingerprint density at radius 3 is 2.35 bits per heavy atom. The highest BCUT2D eigenvalue weighted by molar-refractivity contribution is 6.02. The number of hydrogen-bond donors (Lipinski definition) is 0. The van der Waals surface area contributed by atoms with Gasteiger partial charge in [0.1, 0.15) is 0 Å². The Hall–Kier alpha value is -2.09. The minimum atomic E-state index is 0.135. The van der Waals surface area contributed by atoms with Crippen LogP contribution in [0.15, 0.2) is 49.6 Å². The van der Waals surface area contributed by atoms with Crippen LogP contribution >= 0.6 is 0 Å². The minimum Gasteiger partial charge on any atom is -0.337 e. The summed E-state index contributed by atoms with van der Waals surface area (Å²) in [5.41, 5.74) is 2.00. The van der Waals surface area contributed by atoms with Gasteiger partial charge in [-0.3, -0.25) is 4.79 Å². The van der Waals surface area contributed by atoms with Crippen LogP contribution in [0.25, 0.3) is 10.8 Å². The molecule has 2 aromatic rings. The van der Waals surface area contributed by atoms with Crippen LogP contribution in [0, 0.1) is 0 Å². The Bertz CT molecular complexity index is 574. The highest BCUT2D eigenvalue weighted by Gasteiger charge is 2.24. The molecule has 1 aliphatic heterocycles. The van der Waals surface area contributed by atoms with Gasteiger partial charge in [0.2, 0.25) is 0 Å². The average molecular weight is 225 g/mol. The Balaban J connectivity index is 0.000000514. The second-order valence-electron chi connectivity index (χ2n) is 4.02. The Morgan fingerprint density at radius 1 is 1.12 bits per heavy atom. The molecule has 1 aliphatic rings. The molecule has 2 heteroatoms. The van der Waals surface area contributed by atoms with Gasteiger partial charge in [-0.2, -0.15) is 0 Å². The van der Waals surface area contributed by atoms with E-state index in [-0.39, 0.29) is 5.91 Å². The zero-order valence-corrected chi connectivity index (χ0v) is 9.94. The fourth-order valence-electron chi connectivity index (χ4n) is 2.15. The zero-order valence-electron chi connectivity index (χ0n) is 9.94. The largest absolute Gasteiger partial charge is 0.337 e. The predicted octanol–water partition coefficient (Wildman–Crippen LogP) is 3.23. The first-order chi connectivity index (χ1) is 8.25. The maximum absolute atomic E-state index is 11.8. The number of fused-ring (bicyclic) bond motifs is 2. The summed E-state index contributed by atoms with van der Waals surface area (Å²) >= 11 is 0. The van der Waals surface area contributed by atoms with Crippen molar-refractivity contribution >= 4 is 16.7 Å². The summed E-state index contributed by atoms with van der Waals surface area (Å²) in [7, 11) is 1.84. The molecule has 0 saturated heterocycles. The molecule has 0 aliphatic carbocycles. The number of carbonyl (C=O) groups excluding carboxylic acids is 1. The molecule has 0 bridgehead atoms. The number of benzene rings is 2. The summed E-state index contributed by atoms with van der Waals surface area (Å²) in [6, 6.07) is 12.3. The molecule has 0 aromatic heterocycles. The van der Waals surface area contributed by atoms with Crippen molar-refractivity contribution in [3.8, 4) is 0 Å². The highest BCUT2D eigenvalue weighted by atomic mass is 16.2. The Labute approximate surface area is 101 Å². The van der Waals surface area contributed by atoms with Crippen LogP contribution in [0.5, 0.6) is 0 Å². The van der Waals surface area contributed by atoms with E-state index in [4.69, 9.17) is 0 Å². The smallest absolute Gasteiger partial charge is 0.254 e. The van der Waals surface area contributed by atoms with Crippen LogP contribution < -0.4 is 0 Å². The fraction of sp³-hybridized carbons (Fsp3) is 0.133. The van der Waals surface area contributed by atoms with Gasteiger partial charge in [-0.1, -0.05) is 24.3 Å². The quantitative estimate of drug-likeness (QED) is 0.630. The SMILES string of the molecule is C=C.CN1Cc2cc3ccccc3cc2C1=O. The van der Waals surface area contributed by atoms with Gasteiger partial charge in [0.15, 0.2) is 0 Å². The van der Waals surface area contributed by atoms with Crippen molar-refractivity contribution in [2.24, 2.45) is 0 Å². The van der Waals surface area contributed by atoms with Gasteiger partial charge in [-0.05, 0) is 28.5 Å². The van der Waals surface area contributed by atoms with E-state index >= 15 is 0 Å². The molecule has 0 unspecified atom stereocenters. The van der Waals surface area contributed by atoms with Crippen LogP contribution in [-0.4, -0.2) is 17.9 Å². The standard InChI is InChI=1S/C13H11NO.C2H4/c1-14-8-11-6-9-4-2-3-5-10(9)7-12(11)13(14)15;1-2/h2-7H,8H2,1H3;1-2H2. The topological polar surface area (TPSA) is 20.3 Å². The molecule has 0 saturated carbocycles. The van der Waals surface area contributed by atoms with Crippen molar-refractivity contribution < 1.29 is 4.79 Å². The summed E-state index contributed by atoms with van der Waals surface area (Å²) in [4.78, 5) is 13.5. The van der Waals surface area contributed by atoms with Gasteiger partial charge >= 0.3 is 0 Å². The molecule has 1 heterocycles. The summed E-state index contributed by atoms with van der Waals surface area (Å²) < 4.78 is 0. The summed E-state index contributed by atoms with van der Waals surface area (Å²) in [5.74, 6) is 0.135. The normalized spacial score (nSPS) is 13.2. The van der Waals surface area contributed by atoms with E-state index in [1.165, 1.54) is 5.39 Å². The van der Waals surface area contributed by atoms with Crippen LogP contribution in [0.1, 0.15) is 15.9 Å². The zero-order chi connectivity index (χ0) is 12.4. The van der Waals surface area contributed by atoms with Gasteiger partial charge in [-0.25, -0.2) is 0 Å². The molecule has 0 N–H and O–H groups in total. The van der Waals surface area contributed by atoms with Crippen LogP contribution in [0.4, 0.5) is 0 Å². The monoisotopic (exact) mass is 225 g/mol. The van der Waals surface area contributed by atoms with Gasteiger partial charge in [-0.15, -0.1) is 13.2 Å². The Morgan fingerprint density at radius 2 is 1.71 bits per heavy atom. The first-order valence-electron chi connectivity index (χ1n) is 5.53. The van der Waals surface area contributed by atoms with E-state index in [2.05, 4.69) is 25.3 Å². The first-order valence-corrected chi connectivity index (χ1v) is 5.53. The van der Waals surface area contributed by atoms with Gasteiger partial charge in [0.25, 0.3) is 5.91 Å². The molecule has 17 heavy (non-hydrogen) atoms. The lowest BCUT2D eigenvalue weighted by atomic mass is 10.0. The highest BCUT2D eigenvalue weighted by Crippen LogP contribution is 2.26. The summed E-state index contributed by atoms with van der Waals surface area (Å²) in [6.45, 7) is 6.74. The van der Waals surface area contributed by atoms with Crippen molar-refractivity contribution in [2.75, 3.05) is 7.05 Å². The second kappa shape index (κ2) is 4.42. The molecule has 0 spiro atoms. The van der Waals surface area contributed by atoms with Gasteiger partial charge < -0.3 is 4.90 Å². The van der Waals surface area contributed by atoms with E-state index in [1.807, 2.05) is 31.3 Å². The summed E-state index contributed by atoms with van der Waals surface area (Å²) in [5, 5.41) is 2.35. The first kappa shape index (κ1) is 11.4. The number of rotatable bonds is 0. The molecule has 3 rings (SSSR count). The number of carbonyl (C=O) groups is 1. The molecule has 0 fully saturated rings. The average Bonchev–Trinajstić information content (AvgIpc) is 2.65. The minimum absolute atomic E-state index is 0.135. The van der Waals surface area contributed by atoms with Crippen molar-refractivity contribution in [3.63, 3.8) is 0 Å². The van der Waals surface area contributed by atoms with Crippen molar-refractivity contribution in [1.82, 2.24) is 4.90 Å². The molecular weight excluding hydrogens is 210 g/mol. The number of nitrogens with zero attached hydrogens (tertiary/aromatic N) is 1. The summed E-state index contributed by atoms with van der Waals surface area (Å²) in [6.07, 6.45) is 0. The van der Waals surface area contributed by atoms with E-state index in [0.29, 0.717) is 0 Å². The van der Waals surface area contributed by atoms with Gasteiger partial charge in [0.05, 0.1) is 0 Å². The molecule has 2 nitrogen and oxygen atoms in total. The predicted molar refractivity (Wildman–Crippen MR) is 71.0 cm³/mol. The molecule has 0 radical (unpaired) electrons. The van der Waals surface area contributed by atoms with E-state index in [1.54, 1.807) is 4.90 Å². The molecule has 2 aromatic carbocycles.